The van der Waals surface area contributed by atoms with Crippen molar-refractivity contribution in [1.29, 1.82) is 0 Å². The molecule has 0 aliphatic carbocycles. The van der Waals surface area contributed by atoms with Gasteiger partial charge in [-0.05, 0) is 77.4 Å². The molecule has 112 valence electrons. The van der Waals surface area contributed by atoms with Crippen LogP contribution in [-0.4, -0.2) is 6.54 Å². The minimum Gasteiger partial charge on any atom is -0.310 e. The fraction of sp³-hybridized carbons (Fsp3) is 0.294. The van der Waals surface area contributed by atoms with Gasteiger partial charge in [-0.2, -0.15) is 0 Å². The number of rotatable bonds is 6. The van der Waals surface area contributed by atoms with Crippen molar-refractivity contribution in [3.8, 4) is 0 Å². The molecule has 0 spiro atoms. The molecule has 1 N–H and O–H groups in total. The first-order valence-electron chi connectivity index (χ1n) is 7.03. The van der Waals surface area contributed by atoms with Gasteiger partial charge in [0, 0.05) is 9.61 Å². The third kappa shape index (κ3) is 4.94. The maximum absolute atomic E-state index is 13.3. The summed E-state index contributed by atoms with van der Waals surface area (Å²) >= 11 is 8.44. The average molecular weight is 418 g/mol. The number of hydrogen-bond acceptors (Lipinski definition) is 1. The van der Waals surface area contributed by atoms with Crippen molar-refractivity contribution in [1.82, 2.24) is 5.32 Å². The Hall–Kier alpha value is -0.650. The summed E-state index contributed by atoms with van der Waals surface area (Å²) in [5, 5.41) is 4.28. The van der Waals surface area contributed by atoms with Gasteiger partial charge in [-0.1, -0.05) is 36.7 Å². The normalized spacial score (nSPS) is 12.4. The molecule has 0 fully saturated rings. The SMILES string of the molecule is CCCNC(Cc1cccc(F)c1)c1ccc(I)c(Cl)c1. The topological polar surface area (TPSA) is 12.0 Å². The molecule has 2 aromatic rings. The highest BCUT2D eigenvalue weighted by molar-refractivity contribution is 14.1. The van der Waals surface area contributed by atoms with E-state index >= 15 is 0 Å². The van der Waals surface area contributed by atoms with E-state index in [1.807, 2.05) is 18.2 Å². The number of benzene rings is 2. The Kier molecular flexibility index (Phi) is 6.45. The zero-order valence-corrected chi connectivity index (χ0v) is 14.8. The van der Waals surface area contributed by atoms with Crippen LogP contribution in [0.1, 0.15) is 30.5 Å². The minimum absolute atomic E-state index is 0.140. The van der Waals surface area contributed by atoms with Crippen molar-refractivity contribution < 1.29 is 4.39 Å². The lowest BCUT2D eigenvalue weighted by atomic mass is 9.98. The van der Waals surface area contributed by atoms with Gasteiger partial charge in [-0.3, -0.25) is 0 Å². The van der Waals surface area contributed by atoms with E-state index in [4.69, 9.17) is 11.6 Å². The first kappa shape index (κ1) is 16.7. The first-order valence-corrected chi connectivity index (χ1v) is 8.48. The van der Waals surface area contributed by atoms with Crippen LogP contribution >= 0.6 is 34.2 Å². The van der Waals surface area contributed by atoms with Gasteiger partial charge in [0.2, 0.25) is 0 Å². The molecule has 0 bridgehead atoms. The van der Waals surface area contributed by atoms with Crippen LogP contribution in [0.15, 0.2) is 42.5 Å². The minimum atomic E-state index is -0.192. The van der Waals surface area contributed by atoms with Gasteiger partial charge in [0.1, 0.15) is 5.82 Å². The number of nitrogens with one attached hydrogen (secondary N) is 1. The second-order valence-corrected chi connectivity index (χ2v) is 6.58. The maximum atomic E-state index is 13.3. The summed E-state index contributed by atoms with van der Waals surface area (Å²) in [6, 6.07) is 13.0. The summed E-state index contributed by atoms with van der Waals surface area (Å²) in [6.07, 6.45) is 1.80. The van der Waals surface area contributed by atoms with Crippen LogP contribution in [0.25, 0.3) is 0 Å². The monoisotopic (exact) mass is 417 g/mol. The van der Waals surface area contributed by atoms with Crippen molar-refractivity contribution >= 4 is 34.2 Å². The number of halogens is 3. The van der Waals surface area contributed by atoms with Crippen LogP contribution in [0.2, 0.25) is 5.02 Å². The second kappa shape index (κ2) is 8.11. The smallest absolute Gasteiger partial charge is 0.123 e. The van der Waals surface area contributed by atoms with Gasteiger partial charge in [-0.25, -0.2) is 4.39 Å². The van der Waals surface area contributed by atoms with Crippen LogP contribution < -0.4 is 5.32 Å². The predicted molar refractivity (Wildman–Crippen MR) is 95.3 cm³/mol. The molecular formula is C17H18ClFIN. The molecule has 2 aromatic carbocycles. The summed E-state index contributed by atoms with van der Waals surface area (Å²) in [7, 11) is 0. The lowest BCUT2D eigenvalue weighted by molar-refractivity contribution is 0.527. The van der Waals surface area contributed by atoms with Crippen molar-refractivity contribution in [2.75, 3.05) is 6.54 Å². The van der Waals surface area contributed by atoms with Crippen LogP contribution in [0, 0.1) is 9.39 Å². The van der Waals surface area contributed by atoms with E-state index < -0.39 is 0 Å². The molecular weight excluding hydrogens is 400 g/mol. The molecule has 1 atom stereocenters. The fourth-order valence-electron chi connectivity index (χ4n) is 2.26. The van der Waals surface area contributed by atoms with Crippen LogP contribution in [0.3, 0.4) is 0 Å². The van der Waals surface area contributed by atoms with Crippen LogP contribution in [0.5, 0.6) is 0 Å². The van der Waals surface area contributed by atoms with E-state index in [1.165, 1.54) is 6.07 Å². The van der Waals surface area contributed by atoms with Crippen molar-refractivity contribution in [2.45, 2.75) is 25.8 Å². The van der Waals surface area contributed by atoms with Crippen molar-refractivity contribution in [2.24, 2.45) is 0 Å². The van der Waals surface area contributed by atoms with E-state index in [-0.39, 0.29) is 11.9 Å². The Morgan fingerprint density at radius 1 is 1.24 bits per heavy atom. The standard InChI is InChI=1S/C17H18ClFIN/c1-2-8-21-17(10-12-4-3-5-14(19)9-12)13-6-7-16(20)15(18)11-13/h3-7,9,11,17,21H,2,8,10H2,1H3. The van der Waals surface area contributed by atoms with Gasteiger partial charge < -0.3 is 5.32 Å². The third-order valence-corrected chi connectivity index (χ3v) is 4.89. The largest absolute Gasteiger partial charge is 0.310 e. The summed E-state index contributed by atoms with van der Waals surface area (Å²) < 4.78 is 14.4. The van der Waals surface area contributed by atoms with E-state index in [2.05, 4.69) is 40.9 Å². The summed E-state index contributed by atoms with van der Waals surface area (Å²) in [6.45, 7) is 3.05. The first-order chi connectivity index (χ1) is 10.1. The fourth-order valence-corrected chi connectivity index (χ4v) is 2.78. The lowest BCUT2D eigenvalue weighted by Gasteiger charge is -2.20. The summed E-state index contributed by atoms with van der Waals surface area (Å²) in [5.74, 6) is -0.192. The third-order valence-electron chi connectivity index (χ3n) is 3.32. The Labute approximate surface area is 144 Å². The zero-order chi connectivity index (χ0) is 15.2. The van der Waals surface area contributed by atoms with Crippen molar-refractivity contribution in [3.63, 3.8) is 0 Å². The van der Waals surface area contributed by atoms with E-state index in [9.17, 15) is 4.39 Å². The van der Waals surface area contributed by atoms with E-state index in [1.54, 1.807) is 12.1 Å². The second-order valence-electron chi connectivity index (χ2n) is 5.01. The van der Waals surface area contributed by atoms with Gasteiger partial charge in [0.25, 0.3) is 0 Å². The summed E-state index contributed by atoms with van der Waals surface area (Å²) in [5.41, 5.74) is 2.12. The van der Waals surface area contributed by atoms with Crippen LogP contribution in [-0.2, 0) is 6.42 Å². The average Bonchev–Trinajstić information content (AvgIpc) is 2.46. The van der Waals surface area contributed by atoms with Crippen LogP contribution in [0.4, 0.5) is 4.39 Å². The molecule has 2 rings (SSSR count). The molecule has 4 heteroatoms. The maximum Gasteiger partial charge on any atom is 0.123 e. The van der Waals surface area contributed by atoms with Gasteiger partial charge in [0.05, 0.1) is 5.02 Å². The molecule has 1 unspecified atom stereocenters. The highest BCUT2D eigenvalue weighted by atomic mass is 127. The molecule has 21 heavy (non-hydrogen) atoms. The Morgan fingerprint density at radius 3 is 2.71 bits per heavy atom. The molecule has 0 aliphatic rings. The number of hydrogen-bond donors (Lipinski definition) is 1. The highest BCUT2D eigenvalue weighted by Crippen LogP contribution is 2.25. The highest BCUT2D eigenvalue weighted by Gasteiger charge is 2.13. The molecule has 0 aliphatic heterocycles. The van der Waals surface area contributed by atoms with E-state index in [0.29, 0.717) is 0 Å². The quantitative estimate of drug-likeness (QED) is 0.623. The molecule has 0 radical (unpaired) electrons. The Morgan fingerprint density at radius 2 is 2.05 bits per heavy atom. The molecule has 0 saturated heterocycles. The molecule has 0 amide bonds. The Bertz CT molecular complexity index is 603. The van der Waals surface area contributed by atoms with Gasteiger partial charge in [-0.15, -0.1) is 0 Å². The van der Waals surface area contributed by atoms with Crippen molar-refractivity contribution in [3.05, 3.63) is 68.0 Å². The predicted octanol–water partition coefficient (Wildman–Crippen LogP) is 5.37. The Balaban J connectivity index is 2.22. The van der Waals surface area contributed by atoms with Gasteiger partial charge >= 0.3 is 0 Å². The summed E-state index contributed by atoms with van der Waals surface area (Å²) in [4.78, 5) is 0. The molecule has 0 saturated carbocycles. The van der Waals surface area contributed by atoms with Gasteiger partial charge in [0.15, 0.2) is 0 Å². The molecule has 1 nitrogen and oxygen atoms in total. The van der Waals surface area contributed by atoms with E-state index in [0.717, 1.165) is 39.1 Å². The zero-order valence-electron chi connectivity index (χ0n) is 11.9. The molecule has 0 heterocycles. The lowest BCUT2D eigenvalue weighted by Crippen LogP contribution is -2.24. The molecule has 0 aromatic heterocycles.